The lowest BCUT2D eigenvalue weighted by molar-refractivity contribution is 0.0694. The van der Waals surface area contributed by atoms with Crippen molar-refractivity contribution in [3.05, 3.63) is 101 Å². The third kappa shape index (κ3) is 5.21. The molecule has 2 aromatic heterocycles. The van der Waals surface area contributed by atoms with Crippen molar-refractivity contribution in [1.82, 2.24) is 24.4 Å². The number of nitrogens with zero attached hydrogens (tertiary/aromatic N) is 7. The molecule has 0 radical (unpaired) electrons. The van der Waals surface area contributed by atoms with E-state index in [9.17, 15) is 15.2 Å². The number of carboxylic acids is 1. The Labute approximate surface area is 241 Å². The van der Waals surface area contributed by atoms with Gasteiger partial charge in [0.25, 0.3) is 5.88 Å². The molecule has 1 aliphatic heterocycles. The summed E-state index contributed by atoms with van der Waals surface area (Å²) in [6.45, 7) is 3.89. The van der Waals surface area contributed by atoms with Gasteiger partial charge in [0.05, 0.1) is 24.7 Å². The normalized spacial score (nSPS) is 12.7. The van der Waals surface area contributed by atoms with Crippen molar-refractivity contribution in [3.63, 3.8) is 0 Å². The number of fused-ring (bicyclic) bond motifs is 1. The number of amidine groups is 1. The predicted molar refractivity (Wildman–Crippen MR) is 154 cm³/mol. The summed E-state index contributed by atoms with van der Waals surface area (Å²) in [5, 5.41) is 19.2. The number of carbonyl (C=O) groups is 1. The summed E-state index contributed by atoms with van der Waals surface area (Å²) in [6.07, 6.45) is 0. The predicted octanol–water partition coefficient (Wildman–Crippen LogP) is 5.03. The lowest BCUT2D eigenvalue weighted by Gasteiger charge is -2.15. The zero-order valence-corrected chi connectivity index (χ0v) is 22.9. The first-order valence-electron chi connectivity index (χ1n) is 13.2. The summed E-state index contributed by atoms with van der Waals surface area (Å²) in [6, 6.07) is 23.4. The maximum absolute atomic E-state index is 12.0. The highest BCUT2D eigenvalue weighted by atomic mass is 16.5. The first-order chi connectivity index (χ1) is 20.4. The maximum atomic E-state index is 12.0. The van der Waals surface area contributed by atoms with Gasteiger partial charge in [-0.15, -0.1) is 0 Å². The summed E-state index contributed by atoms with van der Waals surface area (Å²) in [4.78, 5) is 32.5. The average molecular weight is 560 g/mol. The molecule has 3 heterocycles. The van der Waals surface area contributed by atoms with E-state index in [1.54, 1.807) is 6.07 Å². The van der Waals surface area contributed by atoms with Crippen LogP contribution < -0.4 is 9.47 Å². The van der Waals surface area contributed by atoms with Crippen LogP contribution in [0.5, 0.6) is 23.4 Å². The number of carboxylic acid groups (broad SMARTS) is 1. The zero-order valence-electron chi connectivity index (χ0n) is 22.9. The first kappa shape index (κ1) is 26.5. The SMILES string of the molecule is Cc1nc2c(Oc3cc(C#N)ccc3C(=O)O)nc(Oc3cccc(C4=NCCN4C)c3)nc2n1Cc1ccccc1. The molecule has 1 N–H and O–H groups in total. The molecule has 42 heavy (non-hydrogen) atoms. The third-order valence-corrected chi connectivity index (χ3v) is 6.82. The summed E-state index contributed by atoms with van der Waals surface area (Å²) < 4.78 is 14.1. The highest BCUT2D eigenvalue weighted by molar-refractivity contribution is 6.00. The van der Waals surface area contributed by atoms with Crippen LogP contribution in [0.2, 0.25) is 0 Å². The van der Waals surface area contributed by atoms with Gasteiger partial charge in [0.15, 0.2) is 11.2 Å². The van der Waals surface area contributed by atoms with Gasteiger partial charge in [-0.05, 0) is 42.8 Å². The van der Waals surface area contributed by atoms with Gasteiger partial charge in [-0.1, -0.05) is 42.5 Å². The standard InChI is InChI=1S/C31H25N7O4/c1-19-34-26-28(38(19)18-20-7-4-3-5-8-20)35-31(41-23-10-6-9-22(16-23)27-33-13-14-37(27)2)36-29(26)42-25-15-21(17-32)11-12-24(25)30(39)40/h3-12,15-16H,13-14,18H2,1-2H3,(H,39,40). The second-order valence-electron chi connectivity index (χ2n) is 9.70. The highest BCUT2D eigenvalue weighted by Gasteiger charge is 2.22. The zero-order chi connectivity index (χ0) is 29.2. The number of aromatic carboxylic acids is 1. The van der Waals surface area contributed by atoms with Crippen LogP contribution in [0.25, 0.3) is 11.2 Å². The average Bonchev–Trinajstić information content (AvgIpc) is 3.56. The van der Waals surface area contributed by atoms with E-state index in [2.05, 4.69) is 19.9 Å². The molecule has 0 saturated heterocycles. The Morgan fingerprint density at radius 3 is 2.60 bits per heavy atom. The van der Waals surface area contributed by atoms with Gasteiger partial charge < -0.3 is 24.0 Å². The van der Waals surface area contributed by atoms with E-state index in [4.69, 9.17) is 14.5 Å². The molecule has 3 aromatic carbocycles. The number of likely N-dealkylation sites (N-methyl/N-ethyl adjacent to an activating group) is 1. The monoisotopic (exact) mass is 559 g/mol. The summed E-state index contributed by atoms with van der Waals surface area (Å²) in [5.74, 6) is 0.753. The van der Waals surface area contributed by atoms with Crippen molar-refractivity contribution in [3.8, 4) is 29.5 Å². The number of rotatable bonds is 8. The van der Waals surface area contributed by atoms with E-state index in [1.807, 2.05) is 73.1 Å². The van der Waals surface area contributed by atoms with Crippen molar-refractivity contribution >= 4 is 23.0 Å². The summed E-state index contributed by atoms with van der Waals surface area (Å²) >= 11 is 0. The van der Waals surface area contributed by atoms with Gasteiger partial charge in [-0.25, -0.2) is 9.78 Å². The Kier molecular flexibility index (Phi) is 6.94. The van der Waals surface area contributed by atoms with Gasteiger partial charge in [-0.3, -0.25) is 4.99 Å². The van der Waals surface area contributed by atoms with E-state index >= 15 is 0 Å². The van der Waals surface area contributed by atoms with Crippen LogP contribution in [0.4, 0.5) is 0 Å². The van der Waals surface area contributed by atoms with Crippen LogP contribution in [0.3, 0.4) is 0 Å². The molecule has 0 aliphatic carbocycles. The molecule has 5 aromatic rings. The smallest absolute Gasteiger partial charge is 0.339 e. The van der Waals surface area contributed by atoms with Crippen LogP contribution >= 0.6 is 0 Å². The number of nitriles is 1. The van der Waals surface area contributed by atoms with Gasteiger partial charge >= 0.3 is 12.0 Å². The molecular weight excluding hydrogens is 534 g/mol. The second kappa shape index (κ2) is 11.0. The molecular formula is C31H25N7O4. The van der Waals surface area contributed by atoms with Crippen molar-refractivity contribution < 1.29 is 19.4 Å². The number of aryl methyl sites for hydroxylation is 1. The molecule has 0 spiro atoms. The minimum atomic E-state index is -1.21. The molecule has 0 unspecified atom stereocenters. The van der Waals surface area contributed by atoms with Crippen LogP contribution in [0.15, 0.2) is 77.8 Å². The lowest BCUT2D eigenvalue weighted by atomic mass is 10.1. The van der Waals surface area contributed by atoms with Crippen molar-refractivity contribution in [2.75, 3.05) is 20.1 Å². The van der Waals surface area contributed by atoms with E-state index in [0.29, 0.717) is 29.3 Å². The van der Waals surface area contributed by atoms with Crippen LogP contribution in [-0.2, 0) is 6.54 Å². The maximum Gasteiger partial charge on any atom is 0.339 e. The van der Waals surface area contributed by atoms with E-state index in [-0.39, 0.29) is 28.8 Å². The van der Waals surface area contributed by atoms with Gasteiger partial charge in [0.1, 0.15) is 28.7 Å². The van der Waals surface area contributed by atoms with Crippen molar-refractivity contribution in [1.29, 1.82) is 5.26 Å². The number of hydrogen-bond acceptors (Lipinski definition) is 9. The fourth-order valence-electron chi connectivity index (χ4n) is 4.74. The molecule has 1 aliphatic rings. The quantitative estimate of drug-likeness (QED) is 0.277. The molecule has 0 saturated carbocycles. The molecule has 11 nitrogen and oxygen atoms in total. The first-order valence-corrected chi connectivity index (χ1v) is 13.2. The number of aliphatic imine (C=N–C) groups is 1. The number of hydrogen-bond donors (Lipinski definition) is 1. The Balaban J connectivity index is 1.46. The largest absolute Gasteiger partial charge is 0.478 e. The Morgan fingerprint density at radius 2 is 1.86 bits per heavy atom. The van der Waals surface area contributed by atoms with Crippen LogP contribution in [-0.4, -0.2) is 61.5 Å². The lowest BCUT2D eigenvalue weighted by Crippen LogP contribution is -2.23. The Bertz CT molecular complexity index is 1890. The Hall–Kier alpha value is -5.76. The van der Waals surface area contributed by atoms with E-state index < -0.39 is 5.97 Å². The number of benzene rings is 3. The van der Waals surface area contributed by atoms with Gasteiger partial charge in [-0.2, -0.15) is 15.2 Å². The third-order valence-electron chi connectivity index (χ3n) is 6.82. The molecule has 0 atom stereocenters. The van der Waals surface area contributed by atoms with Crippen molar-refractivity contribution in [2.45, 2.75) is 13.5 Å². The Morgan fingerprint density at radius 1 is 1.02 bits per heavy atom. The molecule has 0 fully saturated rings. The van der Waals surface area contributed by atoms with Crippen LogP contribution in [0, 0.1) is 18.3 Å². The minimum absolute atomic E-state index is 0.00134. The summed E-state index contributed by atoms with van der Waals surface area (Å²) in [7, 11) is 1.99. The minimum Gasteiger partial charge on any atom is -0.478 e. The van der Waals surface area contributed by atoms with E-state index in [1.165, 1.54) is 18.2 Å². The van der Waals surface area contributed by atoms with Gasteiger partial charge in [0.2, 0.25) is 0 Å². The molecule has 11 heteroatoms. The fraction of sp³-hybridized carbons (Fsp3) is 0.161. The number of imidazole rings is 1. The van der Waals surface area contributed by atoms with Gasteiger partial charge in [0, 0.05) is 19.2 Å². The van der Waals surface area contributed by atoms with Crippen molar-refractivity contribution in [2.24, 2.45) is 4.99 Å². The molecule has 208 valence electrons. The number of aromatic nitrogens is 4. The highest BCUT2D eigenvalue weighted by Crippen LogP contribution is 2.33. The van der Waals surface area contributed by atoms with E-state index in [0.717, 1.165) is 30.1 Å². The van der Waals surface area contributed by atoms with Crippen LogP contribution in [0.1, 0.15) is 32.9 Å². The molecule has 0 bridgehead atoms. The summed E-state index contributed by atoms with van der Waals surface area (Å²) in [5.41, 5.74) is 2.81. The number of ether oxygens (including phenoxy) is 2. The second-order valence-corrected chi connectivity index (χ2v) is 9.70. The molecule has 6 rings (SSSR count). The molecule has 0 amide bonds. The topological polar surface area (TPSA) is 139 Å². The fourth-order valence-corrected chi connectivity index (χ4v) is 4.74.